The summed E-state index contributed by atoms with van der Waals surface area (Å²) < 4.78 is 5.11. The third-order valence-corrected chi connectivity index (χ3v) is 2.77. The highest BCUT2D eigenvalue weighted by Crippen LogP contribution is 2.08. The van der Waals surface area contributed by atoms with Crippen molar-refractivity contribution >= 4 is 17.9 Å². The highest BCUT2D eigenvalue weighted by molar-refractivity contribution is 6.04. The molecule has 0 saturated carbocycles. The van der Waals surface area contributed by atoms with Gasteiger partial charge in [0, 0.05) is 11.6 Å². The Balaban J connectivity index is 2.21. The number of rotatable bonds is 4. The van der Waals surface area contributed by atoms with Crippen LogP contribution in [-0.4, -0.2) is 11.8 Å². The fourth-order valence-corrected chi connectivity index (χ4v) is 1.65. The number of benzene rings is 1. The van der Waals surface area contributed by atoms with E-state index in [1.54, 1.807) is 24.3 Å². The zero-order valence-corrected chi connectivity index (χ0v) is 11.4. The molecule has 0 bridgehead atoms. The zero-order valence-electron chi connectivity index (χ0n) is 11.4. The van der Waals surface area contributed by atoms with Gasteiger partial charge in [-0.2, -0.15) is 0 Å². The fourth-order valence-electron chi connectivity index (χ4n) is 1.65. The van der Waals surface area contributed by atoms with Crippen molar-refractivity contribution in [3.63, 3.8) is 0 Å². The van der Waals surface area contributed by atoms with E-state index in [4.69, 9.17) is 10.3 Å². The molecule has 0 atom stereocenters. The third-order valence-electron chi connectivity index (χ3n) is 2.77. The van der Waals surface area contributed by atoms with Gasteiger partial charge in [-0.05, 0) is 31.2 Å². The summed E-state index contributed by atoms with van der Waals surface area (Å²) in [4.78, 5) is 23.8. The molecular formula is C15H15N3O3. The van der Waals surface area contributed by atoms with Gasteiger partial charge in [0.1, 0.15) is 11.5 Å². The van der Waals surface area contributed by atoms with E-state index in [1.807, 2.05) is 24.5 Å². The van der Waals surface area contributed by atoms with Gasteiger partial charge in [0.2, 0.25) is 0 Å². The fraction of sp³-hybridized carbons (Fsp3) is 0.0667. The Labute approximate surface area is 121 Å². The van der Waals surface area contributed by atoms with Crippen LogP contribution < -0.4 is 16.6 Å². The molecule has 108 valence electrons. The minimum absolute atomic E-state index is 0.00183. The molecule has 0 aliphatic carbocycles. The highest BCUT2D eigenvalue weighted by atomic mass is 16.3. The number of aryl methyl sites for hydroxylation is 1. The Hall–Kier alpha value is -2.86. The van der Waals surface area contributed by atoms with Crippen molar-refractivity contribution in [2.45, 2.75) is 6.92 Å². The van der Waals surface area contributed by atoms with E-state index in [-0.39, 0.29) is 5.70 Å². The molecule has 0 spiro atoms. The highest BCUT2D eigenvalue weighted by Gasteiger charge is 2.14. The first-order chi connectivity index (χ1) is 10.1. The summed E-state index contributed by atoms with van der Waals surface area (Å²) in [5.41, 5.74) is 3.46. The number of hydrogen-bond donors (Lipinski definition) is 3. The van der Waals surface area contributed by atoms with Crippen molar-refractivity contribution in [2.75, 3.05) is 0 Å². The number of hydrogen-bond acceptors (Lipinski definition) is 4. The van der Waals surface area contributed by atoms with Gasteiger partial charge in [0.25, 0.3) is 11.8 Å². The maximum absolute atomic E-state index is 12.1. The predicted octanol–water partition coefficient (Wildman–Crippen LogP) is 1.35. The summed E-state index contributed by atoms with van der Waals surface area (Å²) in [5, 5.41) is 2.51. The van der Waals surface area contributed by atoms with Gasteiger partial charge in [-0.25, -0.2) is 5.84 Å². The van der Waals surface area contributed by atoms with E-state index in [1.165, 1.54) is 12.3 Å². The first kappa shape index (κ1) is 14.5. The van der Waals surface area contributed by atoms with Gasteiger partial charge in [0.15, 0.2) is 0 Å². The topological polar surface area (TPSA) is 97.4 Å². The van der Waals surface area contributed by atoms with Crippen molar-refractivity contribution in [2.24, 2.45) is 5.84 Å². The molecule has 0 radical (unpaired) electrons. The molecule has 0 fully saturated rings. The molecule has 2 amide bonds. The van der Waals surface area contributed by atoms with Crippen LogP contribution in [0.5, 0.6) is 0 Å². The maximum Gasteiger partial charge on any atom is 0.281 e. The van der Waals surface area contributed by atoms with Crippen molar-refractivity contribution in [1.82, 2.24) is 10.7 Å². The monoisotopic (exact) mass is 285 g/mol. The molecule has 0 unspecified atom stereocenters. The summed E-state index contributed by atoms with van der Waals surface area (Å²) in [6.07, 6.45) is 2.86. The summed E-state index contributed by atoms with van der Waals surface area (Å²) in [7, 11) is 0. The number of carbonyl (C=O) groups is 2. The Bertz CT molecular complexity index is 658. The average molecular weight is 285 g/mol. The Morgan fingerprint density at radius 1 is 1.19 bits per heavy atom. The van der Waals surface area contributed by atoms with Gasteiger partial charge in [0.05, 0.1) is 6.26 Å². The molecular weight excluding hydrogens is 270 g/mol. The van der Waals surface area contributed by atoms with Gasteiger partial charge in [-0.15, -0.1) is 0 Å². The van der Waals surface area contributed by atoms with Crippen LogP contribution in [0.1, 0.15) is 21.7 Å². The Kier molecular flexibility index (Phi) is 4.53. The molecule has 0 aliphatic rings. The molecule has 0 saturated heterocycles. The normalized spacial score (nSPS) is 11.0. The predicted molar refractivity (Wildman–Crippen MR) is 77.7 cm³/mol. The van der Waals surface area contributed by atoms with Crippen LogP contribution in [0.3, 0.4) is 0 Å². The lowest BCUT2D eigenvalue weighted by Gasteiger charge is -2.08. The molecule has 2 rings (SSSR count). The van der Waals surface area contributed by atoms with Crippen molar-refractivity contribution < 1.29 is 14.0 Å². The number of nitrogens with one attached hydrogen (secondary N) is 2. The molecule has 6 heteroatoms. The van der Waals surface area contributed by atoms with E-state index in [0.717, 1.165) is 5.56 Å². The van der Waals surface area contributed by atoms with Crippen LogP contribution in [-0.2, 0) is 4.79 Å². The van der Waals surface area contributed by atoms with Crippen LogP contribution >= 0.6 is 0 Å². The second-order valence-corrected chi connectivity index (χ2v) is 4.37. The lowest BCUT2D eigenvalue weighted by atomic mass is 10.1. The van der Waals surface area contributed by atoms with Gasteiger partial charge < -0.3 is 9.73 Å². The van der Waals surface area contributed by atoms with E-state index in [2.05, 4.69) is 5.32 Å². The van der Waals surface area contributed by atoms with Gasteiger partial charge >= 0.3 is 0 Å². The number of carbonyl (C=O) groups excluding carboxylic acids is 2. The van der Waals surface area contributed by atoms with E-state index in [9.17, 15) is 9.59 Å². The Morgan fingerprint density at radius 2 is 1.90 bits per heavy atom. The van der Waals surface area contributed by atoms with Crippen LogP contribution in [0.15, 0.2) is 52.8 Å². The molecule has 4 N–H and O–H groups in total. The molecule has 1 aromatic heterocycles. The summed E-state index contributed by atoms with van der Waals surface area (Å²) in [6.45, 7) is 1.92. The SMILES string of the molecule is Cc1ccc(C(=O)N/C(=C/c2ccco2)C(=O)NN)cc1. The van der Waals surface area contributed by atoms with E-state index < -0.39 is 11.8 Å². The molecule has 1 aromatic carbocycles. The first-order valence-corrected chi connectivity index (χ1v) is 6.24. The summed E-state index contributed by atoms with van der Waals surface area (Å²) in [6, 6.07) is 10.3. The quantitative estimate of drug-likeness (QED) is 0.342. The lowest BCUT2D eigenvalue weighted by Crippen LogP contribution is -2.38. The van der Waals surface area contributed by atoms with Crippen molar-refractivity contribution in [1.29, 1.82) is 0 Å². The maximum atomic E-state index is 12.1. The molecule has 21 heavy (non-hydrogen) atoms. The second kappa shape index (κ2) is 6.53. The van der Waals surface area contributed by atoms with Crippen molar-refractivity contribution in [3.05, 3.63) is 65.2 Å². The average Bonchev–Trinajstić information content (AvgIpc) is 2.99. The van der Waals surface area contributed by atoms with E-state index >= 15 is 0 Å². The molecule has 1 heterocycles. The molecule has 2 aromatic rings. The number of amides is 2. The lowest BCUT2D eigenvalue weighted by molar-refractivity contribution is -0.117. The summed E-state index contributed by atoms with van der Waals surface area (Å²) >= 11 is 0. The zero-order chi connectivity index (χ0) is 15.2. The number of nitrogens with two attached hydrogens (primary N) is 1. The number of furan rings is 1. The van der Waals surface area contributed by atoms with Crippen LogP contribution in [0, 0.1) is 6.92 Å². The molecule has 6 nitrogen and oxygen atoms in total. The van der Waals surface area contributed by atoms with Gasteiger partial charge in [-0.3, -0.25) is 15.0 Å². The standard InChI is InChI=1S/C15H15N3O3/c1-10-4-6-11(7-5-10)14(19)17-13(15(20)18-16)9-12-3-2-8-21-12/h2-9H,16H2,1H3,(H,17,19)(H,18,20)/b13-9+. The Morgan fingerprint density at radius 3 is 2.48 bits per heavy atom. The second-order valence-electron chi connectivity index (χ2n) is 4.37. The minimum Gasteiger partial charge on any atom is -0.465 e. The smallest absolute Gasteiger partial charge is 0.281 e. The number of hydrazine groups is 1. The van der Waals surface area contributed by atoms with Crippen LogP contribution in [0.25, 0.3) is 6.08 Å². The third kappa shape index (κ3) is 3.80. The minimum atomic E-state index is -0.619. The van der Waals surface area contributed by atoms with Crippen LogP contribution in [0.4, 0.5) is 0 Å². The van der Waals surface area contributed by atoms with Crippen LogP contribution in [0.2, 0.25) is 0 Å². The van der Waals surface area contributed by atoms with E-state index in [0.29, 0.717) is 11.3 Å². The van der Waals surface area contributed by atoms with Gasteiger partial charge in [-0.1, -0.05) is 17.7 Å². The first-order valence-electron chi connectivity index (χ1n) is 6.24. The summed E-state index contributed by atoms with van der Waals surface area (Å²) in [5.74, 6) is 4.52. The molecule has 0 aliphatic heterocycles. The largest absolute Gasteiger partial charge is 0.465 e. The van der Waals surface area contributed by atoms with Crippen molar-refractivity contribution in [3.8, 4) is 0 Å².